The van der Waals surface area contributed by atoms with Gasteiger partial charge < -0.3 is 11.1 Å². The third kappa shape index (κ3) is 4.33. The maximum absolute atomic E-state index is 13.8. The molecule has 3 rings (SSSR count). The summed E-state index contributed by atoms with van der Waals surface area (Å²) in [5.74, 6) is -1.87. The fourth-order valence-corrected chi connectivity index (χ4v) is 3.05. The Labute approximate surface area is 161 Å². The van der Waals surface area contributed by atoms with E-state index in [1.165, 1.54) is 35.3 Å². The van der Waals surface area contributed by atoms with E-state index in [1.54, 1.807) is 25.1 Å². The molecule has 0 radical (unpaired) electrons. The fourth-order valence-electron chi connectivity index (χ4n) is 3.05. The molecule has 0 saturated heterocycles. The van der Waals surface area contributed by atoms with Gasteiger partial charge >= 0.3 is 0 Å². The summed E-state index contributed by atoms with van der Waals surface area (Å²) < 4.78 is 26.9. The minimum absolute atomic E-state index is 0.0327. The van der Waals surface area contributed by atoms with E-state index in [2.05, 4.69) is 10.4 Å². The Hall–Kier alpha value is -3.29. The lowest BCUT2D eigenvalue weighted by atomic mass is 10.1. The Morgan fingerprint density at radius 3 is 2.54 bits per heavy atom. The molecule has 6 nitrogen and oxygen atoms in total. The standard InChI is InChI=1S/C20H20F2N4O2/c1-12(10-13-4-2-3-5-16(13)22)24-20(28)17-11-18(19(23)27)26(25-17)15-8-6-14(21)7-9-15/h2-9,12,18H,10-11H2,1H3,(H2,23,27)(H,24,28). The maximum atomic E-state index is 13.8. The zero-order chi connectivity index (χ0) is 20.3. The fraction of sp³-hybridized carbons (Fsp3) is 0.250. The van der Waals surface area contributed by atoms with Crippen molar-refractivity contribution in [3.8, 4) is 0 Å². The van der Waals surface area contributed by atoms with Gasteiger partial charge in [0.25, 0.3) is 5.91 Å². The molecule has 1 aliphatic rings. The number of nitrogens with zero attached hydrogens (tertiary/aromatic N) is 2. The Morgan fingerprint density at radius 1 is 1.21 bits per heavy atom. The molecular weight excluding hydrogens is 366 g/mol. The van der Waals surface area contributed by atoms with Crippen molar-refractivity contribution in [1.82, 2.24) is 5.32 Å². The third-order valence-corrected chi connectivity index (χ3v) is 4.45. The highest BCUT2D eigenvalue weighted by molar-refractivity contribution is 6.40. The van der Waals surface area contributed by atoms with Crippen molar-refractivity contribution in [3.63, 3.8) is 0 Å². The van der Waals surface area contributed by atoms with Crippen LogP contribution in [0.2, 0.25) is 0 Å². The van der Waals surface area contributed by atoms with Crippen LogP contribution in [-0.4, -0.2) is 29.6 Å². The number of amides is 2. The van der Waals surface area contributed by atoms with Crippen molar-refractivity contribution in [2.75, 3.05) is 5.01 Å². The number of halogens is 2. The lowest BCUT2D eigenvalue weighted by Gasteiger charge is -2.20. The molecule has 8 heteroatoms. The van der Waals surface area contributed by atoms with E-state index in [4.69, 9.17) is 5.73 Å². The monoisotopic (exact) mass is 386 g/mol. The molecule has 0 spiro atoms. The van der Waals surface area contributed by atoms with Crippen LogP contribution in [0.4, 0.5) is 14.5 Å². The molecule has 2 aromatic rings. The molecule has 0 bridgehead atoms. The second-order valence-electron chi connectivity index (χ2n) is 6.66. The average Bonchev–Trinajstić information content (AvgIpc) is 3.10. The smallest absolute Gasteiger partial charge is 0.267 e. The van der Waals surface area contributed by atoms with Gasteiger partial charge in [-0.25, -0.2) is 8.78 Å². The number of carbonyl (C=O) groups is 2. The van der Waals surface area contributed by atoms with E-state index < -0.39 is 23.7 Å². The normalized spacial score (nSPS) is 17.2. The number of primary amides is 1. The molecule has 2 aromatic carbocycles. The van der Waals surface area contributed by atoms with Crippen LogP contribution in [0.25, 0.3) is 0 Å². The molecule has 0 aromatic heterocycles. The number of hydrogen-bond donors (Lipinski definition) is 2. The second kappa shape index (κ2) is 8.16. The second-order valence-corrected chi connectivity index (χ2v) is 6.66. The molecule has 0 aliphatic carbocycles. The molecule has 28 heavy (non-hydrogen) atoms. The van der Waals surface area contributed by atoms with Crippen molar-refractivity contribution in [2.24, 2.45) is 10.8 Å². The Morgan fingerprint density at radius 2 is 1.89 bits per heavy atom. The zero-order valence-corrected chi connectivity index (χ0v) is 15.2. The molecule has 1 heterocycles. The van der Waals surface area contributed by atoms with Gasteiger partial charge in [-0.1, -0.05) is 18.2 Å². The summed E-state index contributed by atoms with van der Waals surface area (Å²) in [6.45, 7) is 1.75. The first-order valence-electron chi connectivity index (χ1n) is 8.81. The number of hydrogen-bond acceptors (Lipinski definition) is 4. The van der Waals surface area contributed by atoms with Crippen molar-refractivity contribution in [1.29, 1.82) is 0 Å². The van der Waals surface area contributed by atoms with Crippen molar-refractivity contribution in [3.05, 3.63) is 65.7 Å². The van der Waals surface area contributed by atoms with Crippen LogP contribution in [0.15, 0.2) is 53.6 Å². The summed E-state index contributed by atoms with van der Waals surface area (Å²) in [6, 6.07) is 10.5. The van der Waals surface area contributed by atoms with Crippen molar-refractivity contribution < 1.29 is 18.4 Å². The first kappa shape index (κ1) is 19.5. The van der Waals surface area contributed by atoms with Crippen molar-refractivity contribution >= 4 is 23.2 Å². The molecule has 2 amide bonds. The first-order valence-corrected chi connectivity index (χ1v) is 8.81. The topological polar surface area (TPSA) is 87.8 Å². The minimum Gasteiger partial charge on any atom is -0.368 e. The quantitative estimate of drug-likeness (QED) is 0.797. The highest BCUT2D eigenvalue weighted by atomic mass is 19.1. The van der Waals surface area contributed by atoms with Crippen LogP contribution in [-0.2, 0) is 16.0 Å². The number of nitrogens with one attached hydrogen (secondary N) is 1. The van der Waals surface area contributed by atoms with E-state index >= 15 is 0 Å². The predicted molar refractivity (Wildman–Crippen MR) is 102 cm³/mol. The molecular formula is C20H20F2N4O2. The first-order chi connectivity index (χ1) is 13.3. The number of rotatable bonds is 6. The Bertz CT molecular complexity index is 915. The Kier molecular flexibility index (Phi) is 5.67. The van der Waals surface area contributed by atoms with E-state index in [9.17, 15) is 18.4 Å². The van der Waals surface area contributed by atoms with Gasteiger partial charge in [-0.15, -0.1) is 0 Å². The van der Waals surface area contributed by atoms with Gasteiger partial charge in [-0.2, -0.15) is 5.10 Å². The Balaban J connectivity index is 1.72. The largest absolute Gasteiger partial charge is 0.368 e. The lowest BCUT2D eigenvalue weighted by molar-refractivity contribution is -0.119. The van der Waals surface area contributed by atoms with E-state index in [1.807, 2.05) is 0 Å². The van der Waals surface area contributed by atoms with E-state index in [-0.39, 0.29) is 24.0 Å². The number of anilines is 1. The van der Waals surface area contributed by atoms with Crippen LogP contribution in [0.1, 0.15) is 18.9 Å². The van der Waals surface area contributed by atoms with Gasteiger partial charge in [0, 0.05) is 12.5 Å². The SMILES string of the molecule is CC(Cc1ccccc1F)NC(=O)C1=NN(c2ccc(F)cc2)C(C(N)=O)C1. The molecule has 0 saturated carbocycles. The third-order valence-electron chi connectivity index (χ3n) is 4.45. The van der Waals surface area contributed by atoms with Crippen LogP contribution in [0.3, 0.4) is 0 Å². The lowest BCUT2D eigenvalue weighted by Crippen LogP contribution is -2.41. The van der Waals surface area contributed by atoms with Gasteiger partial charge in [0.1, 0.15) is 23.4 Å². The van der Waals surface area contributed by atoms with Gasteiger partial charge in [0.05, 0.1) is 5.69 Å². The van der Waals surface area contributed by atoms with Crippen LogP contribution in [0, 0.1) is 11.6 Å². The van der Waals surface area contributed by atoms with Gasteiger partial charge in [-0.05, 0) is 49.2 Å². The summed E-state index contributed by atoms with van der Waals surface area (Å²) in [5.41, 5.74) is 6.51. The predicted octanol–water partition coefficient (Wildman–Crippen LogP) is 2.13. The van der Waals surface area contributed by atoms with Crippen molar-refractivity contribution in [2.45, 2.75) is 31.8 Å². The number of carbonyl (C=O) groups excluding carboxylic acids is 2. The van der Waals surface area contributed by atoms with E-state index in [0.29, 0.717) is 17.7 Å². The molecule has 3 N–H and O–H groups in total. The summed E-state index contributed by atoms with van der Waals surface area (Å²) >= 11 is 0. The minimum atomic E-state index is -0.840. The van der Waals surface area contributed by atoms with Crippen LogP contribution < -0.4 is 16.1 Å². The van der Waals surface area contributed by atoms with Gasteiger partial charge in [0.2, 0.25) is 5.91 Å². The number of nitrogens with two attached hydrogens (primary N) is 1. The molecule has 0 fully saturated rings. The zero-order valence-electron chi connectivity index (χ0n) is 15.2. The molecule has 146 valence electrons. The summed E-state index contributed by atoms with van der Waals surface area (Å²) in [5, 5.41) is 8.29. The van der Waals surface area contributed by atoms with Gasteiger partial charge in [-0.3, -0.25) is 14.6 Å². The maximum Gasteiger partial charge on any atom is 0.267 e. The molecule has 2 unspecified atom stereocenters. The van der Waals surface area contributed by atoms with Crippen LogP contribution >= 0.6 is 0 Å². The summed E-state index contributed by atoms with van der Waals surface area (Å²) in [4.78, 5) is 24.3. The highest BCUT2D eigenvalue weighted by Gasteiger charge is 2.35. The van der Waals surface area contributed by atoms with Gasteiger partial charge in [0.15, 0.2) is 0 Å². The number of benzene rings is 2. The molecule has 2 atom stereocenters. The summed E-state index contributed by atoms with van der Waals surface area (Å²) in [7, 11) is 0. The summed E-state index contributed by atoms with van der Waals surface area (Å²) in [6.07, 6.45) is 0.345. The number of hydrazone groups is 1. The average molecular weight is 386 g/mol. The van der Waals surface area contributed by atoms with Crippen LogP contribution in [0.5, 0.6) is 0 Å². The molecule has 1 aliphatic heterocycles. The highest BCUT2D eigenvalue weighted by Crippen LogP contribution is 2.25. The van der Waals surface area contributed by atoms with E-state index in [0.717, 1.165) is 0 Å².